The molecule has 1 fully saturated rings. The monoisotopic (exact) mass is 266 g/mol. The number of rotatable bonds is 4. The Balaban J connectivity index is 2.26. The molecule has 0 bridgehead atoms. The number of amides is 2. The Morgan fingerprint density at radius 1 is 1.32 bits per heavy atom. The Hall–Kier alpha value is -1.70. The van der Waals surface area contributed by atoms with Crippen LogP contribution in [0.15, 0.2) is 0 Å². The summed E-state index contributed by atoms with van der Waals surface area (Å²) in [5.74, 6) is 1.92. The number of nitrogens with one attached hydrogen (secondary N) is 2. The fraction of sp³-hybridized carbons (Fsp3) is 0.714. The van der Waals surface area contributed by atoms with Crippen molar-refractivity contribution < 1.29 is 14.7 Å². The van der Waals surface area contributed by atoms with E-state index in [-0.39, 0.29) is 11.9 Å². The maximum absolute atomic E-state index is 11.6. The summed E-state index contributed by atoms with van der Waals surface area (Å²) >= 11 is 0. The second-order valence-corrected chi connectivity index (χ2v) is 5.66. The van der Waals surface area contributed by atoms with Crippen molar-refractivity contribution >= 4 is 12.0 Å². The van der Waals surface area contributed by atoms with Crippen LogP contribution in [0.3, 0.4) is 0 Å². The molecule has 0 radical (unpaired) electrons. The Morgan fingerprint density at radius 3 is 2.37 bits per heavy atom. The standard InChI is InChI=1S/C14H22N2O3/c1-4-14(2,3)16-13(19)15-9-10-5-7-11(8-6-10)12(17)18/h1,10-11H,5-9H2,2-3H3,(H,17,18)(H2,15,16,19). The van der Waals surface area contributed by atoms with Crippen LogP contribution < -0.4 is 10.6 Å². The van der Waals surface area contributed by atoms with E-state index in [0.717, 1.165) is 12.8 Å². The second kappa shape index (κ2) is 6.46. The smallest absolute Gasteiger partial charge is 0.315 e. The van der Waals surface area contributed by atoms with Crippen molar-refractivity contribution in [1.82, 2.24) is 10.6 Å². The van der Waals surface area contributed by atoms with Gasteiger partial charge in [0, 0.05) is 6.54 Å². The van der Waals surface area contributed by atoms with Crippen molar-refractivity contribution in [3.05, 3.63) is 0 Å². The van der Waals surface area contributed by atoms with Gasteiger partial charge in [0.2, 0.25) is 0 Å². The molecule has 5 nitrogen and oxygen atoms in total. The van der Waals surface area contributed by atoms with Gasteiger partial charge in [-0.1, -0.05) is 5.92 Å². The maximum Gasteiger partial charge on any atom is 0.315 e. The van der Waals surface area contributed by atoms with Crippen molar-refractivity contribution in [3.8, 4) is 12.3 Å². The van der Waals surface area contributed by atoms with Gasteiger partial charge in [0.25, 0.3) is 0 Å². The molecule has 0 heterocycles. The number of hydrogen-bond donors (Lipinski definition) is 3. The highest BCUT2D eigenvalue weighted by Gasteiger charge is 2.26. The van der Waals surface area contributed by atoms with Gasteiger partial charge < -0.3 is 15.7 Å². The van der Waals surface area contributed by atoms with Gasteiger partial charge in [0.1, 0.15) is 0 Å². The second-order valence-electron chi connectivity index (χ2n) is 5.66. The van der Waals surface area contributed by atoms with Crippen LogP contribution >= 0.6 is 0 Å². The number of aliphatic carboxylic acids is 1. The van der Waals surface area contributed by atoms with Crippen LogP contribution in [0.4, 0.5) is 4.79 Å². The number of carbonyl (C=O) groups excluding carboxylic acids is 1. The Labute approximate surface area is 114 Å². The average Bonchev–Trinajstić information content (AvgIpc) is 2.36. The maximum atomic E-state index is 11.6. The van der Waals surface area contributed by atoms with Gasteiger partial charge in [0.05, 0.1) is 11.5 Å². The molecule has 2 amide bonds. The predicted molar refractivity (Wildman–Crippen MR) is 72.5 cm³/mol. The number of hydrogen-bond acceptors (Lipinski definition) is 2. The molecule has 1 saturated carbocycles. The van der Waals surface area contributed by atoms with Crippen LogP contribution in [-0.2, 0) is 4.79 Å². The van der Waals surface area contributed by atoms with Crippen molar-refractivity contribution in [2.75, 3.05) is 6.54 Å². The molecule has 19 heavy (non-hydrogen) atoms. The van der Waals surface area contributed by atoms with Crippen LogP contribution in [0, 0.1) is 24.2 Å². The van der Waals surface area contributed by atoms with Gasteiger partial charge in [-0.2, -0.15) is 0 Å². The quantitative estimate of drug-likeness (QED) is 0.676. The van der Waals surface area contributed by atoms with E-state index in [1.165, 1.54) is 0 Å². The molecule has 0 aromatic heterocycles. The van der Waals surface area contributed by atoms with E-state index in [1.54, 1.807) is 13.8 Å². The summed E-state index contributed by atoms with van der Waals surface area (Å²) < 4.78 is 0. The summed E-state index contributed by atoms with van der Waals surface area (Å²) in [6, 6.07) is -0.275. The first-order chi connectivity index (χ1) is 8.84. The molecule has 3 N–H and O–H groups in total. The Kier molecular flexibility index (Phi) is 5.22. The number of carboxylic acid groups (broad SMARTS) is 1. The third kappa shape index (κ3) is 5.21. The molecule has 0 aromatic carbocycles. The molecule has 0 spiro atoms. The lowest BCUT2D eigenvalue weighted by Gasteiger charge is -2.27. The zero-order chi connectivity index (χ0) is 14.5. The lowest BCUT2D eigenvalue weighted by atomic mass is 9.82. The van der Waals surface area contributed by atoms with E-state index in [0.29, 0.717) is 25.3 Å². The predicted octanol–water partition coefficient (Wildman–Crippen LogP) is 1.59. The first-order valence-electron chi connectivity index (χ1n) is 6.60. The van der Waals surface area contributed by atoms with Gasteiger partial charge in [-0.3, -0.25) is 4.79 Å². The Morgan fingerprint density at radius 2 is 1.89 bits per heavy atom. The molecule has 1 aliphatic rings. The highest BCUT2D eigenvalue weighted by atomic mass is 16.4. The van der Waals surface area contributed by atoms with E-state index in [1.807, 2.05) is 0 Å². The fourth-order valence-corrected chi connectivity index (χ4v) is 2.21. The van der Waals surface area contributed by atoms with Crippen LogP contribution in [0.5, 0.6) is 0 Å². The van der Waals surface area contributed by atoms with Crippen molar-refractivity contribution in [2.45, 2.75) is 45.1 Å². The third-order valence-electron chi connectivity index (χ3n) is 3.53. The van der Waals surface area contributed by atoms with E-state index in [4.69, 9.17) is 11.5 Å². The van der Waals surface area contributed by atoms with E-state index in [2.05, 4.69) is 16.6 Å². The fourth-order valence-electron chi connectivity index (χ4n) is 2.21. The van der Waals surface area contributed by atoms with Crippen LogP contribution in [0.1, 0.15) is 39.5 Å². The first kappa shape index (κ1) is 15.4. The van der Waals surface area contributed by atoms with Crippen LogP contribution in [0.2, 0.25) is 0 Å². The molecule has 0 aromatic rings. The molecule has 0 unspecified atom stereocenters. The molecule has 106 valence electrons. The normalized spacial score (nSPS) is 23.2. The van der Waals surface area contributed by atoms with E-state index >= 15 is 0 Å². The molecule has 1 aliphatic carbocycles. The summed E-state index contributed by atoms with van der Waals surface area (Å²) in [5.41, 5.74) is -0.662. The van der Waals surface area contributed by atoms with Gasteiger partial charge in [-0.25, -0.2) is 4.79 Å². The lowest BCUT2D eigenvalue weighted by Crippen LogP contribution is -2.48. The zero-order valence-corrected chi connectivity index (χ0v) is 11.5. The minimum absolute atomic E-state index is 0.217. The van der Waals surface area contributed by atoms with Gasteiger partial charge in [-0.15, -0.1) is 6.42 Å². The van der Waals surface area contributed by atoms with Crippen LogP contribution in [-0.4, -0.2) is 29.2 Å². The molecule has 5 heteroatoms. The first-order valence-corrected chi connectivity index (χ1v) is 6.60. The Bertz CT molecular complexity index is 377. The van der Waals surface area contributed by atoms with Crippen molar-refractivity contribution in [3.63, 3.8) is 0 Å². The third-order valence-corrected chi connectivity index (χ3v) is 3.53. The van der Waals surface area contributed by atoms with Gasteiger partial charge in [0.15, 0.2) is 0 Å². The summed E-state index contributed by atoms with van der Waals surface area (Å²) in [6.07, 6.45) is 8.36. The minimum atomic E-state index is -0.708. The van der Waals surface area contributed by atoms with Crippen molar-refractivity contribution in [2.24, 2.45) is 11.8 Å². The number of carboxylic acids is 1. The highest BCUT2D eigenvalue weighted by Crippen LogP contribution is 2.28. The number of terminal acetylenes is 1. The summed E-state index contributed by atoms with van der Waals surface area (Å²) in [5, 5.41) is 14.4. The van der Waals surface area contributed by atoms with Crippen molar-refractivity contribution in [1.29, 1.82) is 0 Å². The molecular formula is C14H22N2O3. The van der Waals surface area contributed by atoms with E-state index in [9.17, 15) is 9.59 Å². The summed E-state index contributed by atoms with van der Waals surface area (Å²) in [4.78, 5) is 22.4. The summed E-state index contributed by atoms with van der Waals surface area (Å²) in [7, 11) is 0. The SMILES string of the molecule is C#CC(C)(C)NC(=O)NCC1CCC(C(=O)O)CC1. The summed E-state index contributed by atoms with van der Waals surface area (Å²) in [6.45, 7) is 4.08. The topological polar surface area (TPSA) is 78.4 Å². The zero-order valence-electron chi connectivity index (χ0n) is 11.5. The van der Waals surface area contributed by atoms with Gasteiger partial charge >= 0.3 is 12.0 Å². The molecule has 0 saturated heterocycles. The molecule has 0 atom stereocenters. The van der Waals surface area contributed by atoms with Gasteiger partial charge in [-0.05, 0) is 45.4 Å². The van der Waals surface area contributed by atoms with Crippen LogP contribution in [0.25, 0.3) is 0 Å². The highest BCUT2D eigenvalue weighted by molar-refractivity contribution is 5.75. The molecule has 0 aliphatic heterocycles. The average molecular weight is 266 g/mol. The minimum Gasteiger partial charge on any atom is -0.481 e. The number of carbonyl (C=O) groups is 2. The van der Waals surface area contributed by atoms with E-state index < -0.39 is 11.5 Å². The molecule has 1 rings (SSSR count). The number of urea groups is 1. The molecular weight excluding hydrogens is 244 g/mol. The largest absolute Gasteiger partial charge is 0.481 e. The lowest BCUT2D eigenvalue weighted by molar-refractivity contribution is -0.143.